The maximum atomic E-state index is 12.9. The molecule has 0 radical (unpaired) electrons. The summed E-state index contributed by atoms with van der Waals surface area (Å²) in [4.78, 5) is 1.03. The lowest BCUT2D eigenvalue weighted by molar-refractivity contribution is -0.137. The molecule has 3 aromatic carbocycles. The number of alkyl halides is 3. The van der Waals surface area contributed by atoms with Gasteiger partial charge in [-0.05, 0) is 40.3 Å². The molecule has 0 fully saturated rings. The van der Waals surface area contributed by atoms with Crippen LogP contribution in [0.15, 0.2) is 78.9 Å². The van der Waals surface area contributed by atoms with Crippen molar-refractivity contribution >= 4 is 21.4 Å². The van der Waals surface area contributed by atoms with Crippen LogP contribution in [0, 0.1) is 0 Å². The summed E-state index contributed by atoms with van der Waals surface area (Å²) in [5.41, 5.74) is 2.56. The lowest BCUT2D eigenvalue weighted by Crippen LogP contribution is -2.04. The monoisotopic (exact) mass is 382 g/mol. The smallest absolute Gasteiger partial charge is 0.166 e. The van der Waals surface area contributed by atoms with Crippen LogP contribution in [0.4, 0.5) is 13.2 Å². The van der Waals surface area contributed by atoms with Gasteiger partial charge in [-0.2, -0.15) is 13.2 Å². The zero-order valence-electron chi connectivity index (χ0n) is 14.6. The van der Waals surface area contributed by atoms with Crippen molar-refractivity contribution in [1.82, 2.24) is 0 Å². The largest absolute Gasteiger partial charge is 0.416 e. The van der Waals surface area contributed by atoms with Gasteiger partial charge < -0.3 is 0 Å². The molecule has 1 atom stereocenters. The Morgan fingerprint density at radius 1 is 0.778 bits per heavy atom. The molecule has 0 aliphatic heterocycles. The lowest BCUT2D eigenvalue weighted by atomic mass is 9.89. The molecule has 0 aliphatic rings. The van der Waals surface area contributed by atoms with Crippen LogP contribution in [0.1, 0.15) is 29.5 Å². The number of fused-ring (bicyclic) bond motifs is 1. The number of rotatable bonds is 3. The molecule has 4 rings (SSSR count). The van der Waals surface area contributed by atoms with Crippen molar-refractivity contribution in [2.45, 2.75) is 19.0 Å². The molecular formula is C23H17F3S. The van der Waals surface area contributed by atoms with E-state index in [4.69, 9.17) is 0 Å². The average Bonchev–Trinajstić information content (AvgIpc) is 3.07. The first-order valence-electron chi connectivity index (χ1n) is 8.69. The Morgan fingerprint density at radius 3 is 2.07 bits per heavy atom. The molecule has 0 nitrogen and oxygen atoms in total. The third kappa shape index (κ3) is 3.37. The van der Waals surface area contributed by atoms with E-state index < -0.39 is 11.7 Å². The predicted molar refractivity (Wildman–Crippen MR) is 106 cm³/mol. The molecule has 0 saturated carbocycles. The van der Waals surface area contributed by atoms with Gasteiger partial charge in [0.05, 0.1) is 5.56 Å². The molecular weight excluding hydrogens is 365 g/mol. The van der Waals surface area contributed by atoms with Crippen molar-refractivity contribution in [3.8, 4) is 10.4 Å². The SMILES string of the molecule is C[C@H](c1ccccc1)c1c(-c2ccc(C(F)(F)F)cc2)sc2ccccc12. The summed E-state index contributed by atoms with van der Waals surface area (Å²) in [6, 6.07) is 23.8. The fraction of sp³-hybridized carbons (Fsp3) is 0.130. The number of hydrogen-bond acceptors (Lipinski definition) is 1. The van der Waals surface area contributed by atoms with Crippen molar-refractivity contribution in [2.24, 2.45) is 0 Å². The molecule has 0 bridgehead atoms. The van der Waals surface area contributed by atoms with Crippen molar-refractivity contribution in [2.75, 3.05) is 0 Å². The van der Waals surface area contributed by atoms with Crippen molar-refractivity contribution in [1.29, 1.82) is 0 Å². The minimum Gasteiger partial charge on any atom is -0.166 e. The van der Waals surface area contributed by atoms with Gasteiger partial charge in [0.15, 0.2) is 0 Å². The van der Waals surface area contributed by atoms with E-state index >= 15 is 0 Å². The molecule has 136 valence electrons. The van der Waals surface area contributed by atoms with Gasteiger partial charge in [-0.15, -0.1) is 11.3 Å². The van der Waals surface area contributed by atoms with Crippen LogP contribution >= 0.6 is 11.3 Å². The first-order chi connectivity index (χ1) is 12.9. The molecule has 4 heteroatoms. The third-order valence-electron chi connectivity index (χ3n) is 4.84. The van der Waals surface area contributed by atoms with Gasteiger partial charge in [-0.1, -0.05) is 67.6 Å². The minimum atomic E-state index is -4.32. The number of benzene rings is 3. The Morgan fingerprint density at radius 2 is 1.41 bits per heavy atom. The fourth-order valence-electron chi connectivity index (χ4n) is 3.43. The summed E-state index contributed by atoms with van der Waals surface area (Å²) < 4.78 is 39.9. The molecule has 4 aromatic rings. The normalized spacial score (nSPS) is 13.0. The van der Waals surface area contributed by atoms with Gasteiger partial charge in [-0.3, -0.25) is 0 Å². The van der Waals surface area contributed by atoms with Gasteiger partial charge in [0.1, 0.15) is 0 Å². The van der Waals surface area contributed by atoms with Crippen LogP contribution in [0.3, 0.4) is 0 Å². The number of halogens is 3. The summed E-state index contributed by atoms with van der Waals surface area (Å²) in [5.74, 6) is 0.139. The quantitative estimate of drug-likeness (QED) is 0.340. The molecule has 0 spiro atoms. The highest BCUT2D eigenvalue weighted by atomic mass is 32.1. The summed E-state index contributed by atoms with van der Waals surface area (Å²) in [6.07, 6.45) is -4.32. The summed E-state index contributed by atoms with van der Waals surface area (Å²) in [7, 11) is 0. The predicted octanol–water partition coefficient (Wildman–Crippen LogP) is 7.74. The molecule has 0 N–H and O–H groups in total. The molecule has 1 heterocycles. The van der Waals surface area contributed by atoms with E-state index in [-0.39, 0.29) is 5.92 Å². The molecule has 27 heavy (non-hydrogen) atoms. The number of thiophene rings is 1. The molecule has 0 unspecified atom stereocenters. The highest BCUT2D eigenvalue weighted by Crippen LogP contribution is 2.44. The highest BCUT2D eigenvalue weighted by molar-refractivity contribution is 7.22. The van der Waals surface area contributed by atoms with Gasteiger partial charge >= 0.3 is 6.18 Å². The third-order valence-corrected chi connectivity index (χ3v) is 6.08. The second-order valence-electron chi connectivity index (χ2n) is 6.55. The van der Waals surface area contributed by atoms with E-state index in [1.54, 1.807) is 23.5 Å². The molecule has 1 aromatic heterocycles. The van der Waals surface area contributed by atoms with Gasteiger partial charge in [0.25, 0.3) is 0 Å². The lowest BCUT2D eigenvalue weighted by Gasteiger charge is -2.15. The van der Waals surface area contributed by atoms with Crippen molar-refractivity contribution in [3.05, 3.63) is 95.6 Å². The fourth-order valence-corrected chi connectivity index (χ4v) is 4.73. The van der Waals surface area contributed by atoms with Crippen LogP contribution in [0.25, 0.3) is 20.5 Å². The van der Waals surface area contributed by atoms with Crippen LogP contribution < -0.4 is 0 Å². The summed E-state index contributed by atoms with van der Waals surface area (Å²) in [5, 5.41) is 1.16. The minimum absolute atomic E-state index is 0.139. The molecule has 0 amide bonds. The summed E-state index contributed by atoms with van der Waals surface area (Å²) >= 11 is 1.63. The first kappa shape index (κ1) is 17.8. The topological polar surface area (TPSA) is 0 Å². The zero-order valence-corrected chi connectivity index (χ0v) is 15.4. The maximum Gasteiger partial charge on any atom is 0.416 e. The second-order valence-corrected chi connectivity index (χ2v) is 7.60. The Labute approximate surface area is 159 Å². The van der Waals surface area contributed by atoms with Crippen molar-refractivity contribution in [3.63, 3.8) is 0 Å². The van der Waals surface area contributed by atoms with E-state index in [0.717, 1.165) is 32.7 Å². The van der Waals surface area contributed by atoms with E-state index in [0.29, 0.717) is 0 Å². The van der Waals surface area contributed by atoms with Crippen LogP contribution in [-0.2, 0) is 6.18 Å². The summed E-state index contributed by atoms with van der Waals surface area (Å²) in [6.45, 7) is 2.15. The van der Waals surface area contributed by atoms with E-state index in [9.17, 15) is 13.2 Å². The van der Waals surface area contributed by atoms with Crippen LogP contribution in [-0.4, -0.2) is 0 Å². The van der Waals surface area contributed by atoms with E-state index in [1.165, 1.54) is 11.1 Å². The van der Waals surface area contributed by atoms with E-state index in [1.807, 2.05) is 30.3 Å². The standard InChI is InChI=1S/C23H17F3S/c1-15(16-7-3-2-4-8-16)21-19-9-5-6-10-20(19)27-22(21)17-11-13-18(14-12-17)23(24,25)26/h2-15H,1H3/t15-/m1/s1. The maximum absolute atomic E-state index is 12.9. The van der Waals surface area contributed by atoms with Crippen LogP contribution in [0.2, 0.25) is 0 Å². The van der Waals surface area contributed by atoms with E-state index in [2.05, 4.69) is 31.2 Å². The van der Waals surface area contributed by atoms with Crippen LogP contribution in [0.5, 0.6) is 0 Å². The van der Waals surface area contributed by atoms with Gasteiger partial charge in [-0.25, -0.2) is 0 Å². The second kappa shape index (κ2) is 6.86. The average molecular weight is 382 g/mol. The van der Waals surface area contributed by atoms with Gasteiger partial charge in [0.2, 0.25) is 0 Å². The Balaban J connectivity index is 1.88. The number of hydrogen-bond donors (Lipinski definition) is 0. The first-order valence-corrected chi connectivity index (χ1v) is 9.51. The Bertz CT molecular complexity index is 1060. The van der Waals surface area contributed by atoms with Crippen molar-refractivity contribution < 1.29 is 13.2 Å². The molecule has 0 saturated heterocycles. The Kier molecular flexibility index (Phi) is 4.52. The molecule has 0 aliphatic carbocycles. The Hall–Kier alpha value is -2.59. The highest BCUT2D eigenvalue weighted by Gasteiger charge is 2.30. The van der Waals surface area contributed by atoms with Gasteiger partial charge in [0, 0.05) is 15.5 Å². The zero-order chi connectivity index (χ0) is 19.0.